The largest absolute Gasteiger partial charge is 0.388 e. The molecule has 0 aliphatic carbocycles. The van der Waals surface area contributed by atoms with E-state index < -0.39 is 16.1 Å². The summed E-state index contributed by atoms with van der Waals surface area (Å²) in [5, 5.41) is 13.6. The van der Waals surface area contributed by atoms with Crippen molar-refractivity contribution in [3.8, 4) is 0 Å². The predicted octanol–water partition coefficient (Wildman–Crippen LogP) is 2.97. The molecule has 2 N–H and O–H groups in total. The van der Waals surface area contributed by atoms with Crippen LogP contribution in [-0.4, -0.2) is 20.1 Å². The van der Waals surface area contributed by atoms with Gasteiger partial charge in [-0.1, -0.05) is 0 Å². The molecule has 2 aromatic rings. The summed E-state index contributed by atoms with van der Waals surface area (Å²) in [4.78, 5) is 0. The smallest absolute Gasteiger partial charge is 0.250 e. The minimum Gasteiger partial charge on any atom is -0.388 e. The Kier molecular flexibility index (Phi) is 5.15. The molecule has 1 atom stereocenters. The van der Waals surface area contributed by atoms with Crippen molar-refractivity contribution >= 4 is 48.6 Å². The lowest BCUT2D eigenvalue weighted by Gasteiger charge is -2.09. The quantitative estimate of drug-likeness (QED) is 0.807. The zero-order valence-electron chi connectivity index (χ0n) is 9.74. The molecular weight excluding hydrogens is 370 g/mol. The highest BCUT2D eigenvalue weighted by Gasteiger charge is 2.17. The summed E-state index contributed by atoms with van der Waals surface area (Å²) in [6.07, 6.45) is -0.285. The number of aliphatic hydroxyl groups is 1. The monoisotopic (exact) mass is 381 g/mol. The third kappa shape index (κ3) is 4.11. The summed E-state index contributed by atoms with van der Waals surface area (Å²) in [7, 11) is -3.47. The molecule has 0 radical (unpaired) electrons. The Morgan fingerprint density at radius 1 is 1.37 bits per heavy atom. The van der Waals surface area contributed by atoms with Crippen molar-refractivity contribution in [1.82, 2.24) is 4.72 Å². The molecule has 4 nitrogen and oxygen atoms in total. The van der Waals surface area contributed by atoms with Gasteiger partial charge in [-0.25, -0.2) is 13.1 Å². The Hall–Kier alpha value is -0.250. The van der Waals surface area contributed by atoms with Crippen molar-refractivity contribution < 1.29 is 13.5 Å². The first kappa shape index (κ1) is 15.1. The molecule has 8 heteroatoms. The molecule has 0 bridgehead atoms. The number of hydrogen-bond acceptors (Lipinski definition) is 5. The van der Waals surface area contributed by atoms with Crippen LogP contribution in [-0.2, 0) is 10.0 Å². The average molecular weight is 382 g/mol. The predicted molar refractivity (Wildman–Crippen MR) is 81.1 cm³/mol. The topological polar surface area (TPSA) is 66.4 Å². The lowest BCUT2D eigenvalue weighted by atomic mass is 10.1. The first-order chi connectivity index (χ1) is 8.99. The van der Waals surface area contributed by atoms with E-state index in [-0.39, 0.29) is 10.8 Å². The molecule has 0 fully saturated rings. The molecule has 104 valence electrons. The second kappa shape index (κ2) is 6.47. The van der Waals surface area contributed by atoms with Gasteiger partial charge in [0.15, 0.2) is 0 Å². The van der Waals surface area contributed by atoms with E-state index in [4.69, 9.17) is 0 Å². The van der Waals surface area contributed by atoms with E-state index >= 15 is 0 Å². The van der Waals surface area contributed by atoms with Gasteiger partial charge in [-0.2, -0.15) is 11.3 Å². The fourth-order valence-corrected chi connectivity index (χ4v) is 5.28. The van der Waals surface area contributed by atoms with Crippen LogP contribution in [0.4, 0.5) is 0 Å². The van der Waals surface area contributed by atoms with E-state index in [1.54, 1.807) is 12.1 Å². The van der Waals surface area contributed by atoms with Crippen LogP contribution >= 0.6 is 38.6 Å². The van der Waals surface area contributed by atoms with Crippen molar-refractivity contribution in [1.29, 1.82) is 0 Å². The molecule has 0 aromatic carbocycles. The van der Waals surface area contributed by atoms with Crippen LogP contribution in [0.25, 0.3) is 0 Å². The standard InChI is InChI=1S/C11H12BrNO3S3/c12-10-1-2-11(18-10)19(15,16)13-5-3-9(14)8-4-6-17-7-8/h1-2,4,6-7,9,13-14H,3,5H2/t9-/m0/s1. The normalized spacial score (nSPS) is 13.6. The summed E-state index contributed by atoms with van der Waals surface area (Å²) in [5.41, 5.74) is 0.822. The third-order valence-electron chi connectivity index (χ3n) is 2.45. The van der Waals surface area contributed by atoms with Crippen LogP contribution in [0.5, 0.6) is 0 Å². The number of hydrogen-bond donors (Lipinski definition) is 2. The minimum atomic E-state index is -3.47. The van der Waals surface area contributed by atoms with E-state index in [9.17, 15) is 13.5 Å². The molecule has 0 saturated carbocycles. The fraction of sp³-hybridized carbons (Fsp3) is 0.273. The van der Waals surface area contributed by atoms with Crippen molar-refractivity contribution in [2.45, 2.75) is 16.7 Å². The van der Waals surface area contributed by atoms with Gasteiger partial charge in [0.05, 0.1) is 9.89 Å². The Bertz CT molecular complexity index is 621. The Morgan fingerprint density at radius 3 is 2.74 bits per heavy atom. The second-order valence-electron chi connectivity index (χ2n) is 3.82. The maximum Gasteiger partial charge on any atom is 0.250 e. The molecule has 19 heavy (non-hydrogen) atoms. The molecular formula is C11H12BrNO3S3. The van der Waals surface area contributed by atoms with Gasteiger partial charge in [0.2, 0.25) is 10.0 Å². The number of halogens is 1. The first-order valence-electron chi connectivity index (χ1n) is 5.44. The second-order valence-corrected chi connectivity index (χ2v) is 9.05. The molecule has 0 aliphatic heterocycles. The van der Waals surface area contributed by atoms with E-state index in [2.05, 4.69) is 20.7 Å². The zero-order valence-corrected chi connectivity index (χ0v) is 13.8. The number of aliphatic hydroxyl groups excluding tert-OH is 1. The van der Waals surface area contributed by atoms with Crippen LogP contribution in [0.2, 0.25) is 0 Å². The zero-order chi connectivity index (χ0) is 13.9. The van der Waals surface area contributed by atoms with Crippen molar-refractivity contribution in [3.63, 3.8) is 0 Å². The van der Waals surface area contributed by atoms with Gasteiger partial charge in [-0.15, -0.1) is 11.3 Å². The lowest BCUT2D eigenvalue weighted by Crippen LogP contribution is -2.25. The molecule has 2 rings (SSSR count). The molecule has 0 saturated heterocycles. The number of rotatable bonds is 6. The van der Waals surface area contributed by atoms with Gasteiger partial charge >= 0.3 is 0 Å². The SMILES string of the molecule is O=S(=O)(NCC[C@H](O)c1ccsc1)c1ccc(Br)s1. The van der Waals surface area contributed by atoms with Crippen LogP contribution in [0.15, 0.2) is 37.0 Å². The van der Waals surface area contributed by atoms with Gasteiger partial charge in [0.25, 0.3) is 0 Å². The molecule has 0 spiro atoms. The van der Waals surface area contributed by atoms with Crippen molar-refractivity contribution in [2.75, 3.05) is 6.54 Å². The summed E-state index contributed by atoms with van der Waals surface area (Å²) in [5.74, 6) is 0. The van der Waals surface area contributed by atoms with E-state index in [0.29, 0.717) is 6.42 Å². The molecule has 2 heterocycles. The van der Waals surface area contributed by atoms with E-state index in [1.165, 1.54) is 11.3 Å². The highest BCUT2D eigenvalue weighted by Crippen LogP contribution is 2.26. The maximum atomic E-state index is 11.9. The molecule has 0 amide bonds. The molecule has 0 unspecified atom stereocenters. The molecule has 2 aromatic heterocycles. The van der Waals surface area contributed by atoms with E-state index in [0.717, 1.165) is 20.7 Å². The summed E-state index contributed by atoms with van der Waals surface area (Å²) in [6, 6.07) is 5.08. The summed E-state index contributed by atoms with van der Waals surface area (Å²) in [6.45, 7) is 0.203. The molecule has 0 aliphatic rings. The Balaban J connectivity index is 1.89. The van der Waals surface area contributed by atoms with Crippen LogP contribution < -0.4 is 4.72 Å². The van der Waals surface area contributed by atoms with Crippen molar-refractivity contribution in [2.24, 2.45) is 0 Å². The van der Waals surface area contributed by atoms with Crippen LogP contribution in [0.3, 0.4) is 0 Å². The lowest BCUT2D eigenvalue weighted by molar-refractivity contribution is 0.169. The maximum absolute atomic E-state index is 11.9. The number of sulfonamides is 1. The highest BCUT2D eigenvalue weighted by molar-refractivity contribution is 9.11. The fourth-order valence-electron chi connectivity index (χ4n) is 1.47. The van der Waals surface area contributed by atoms with Gasteiger partial charge in [0.1, 0.15) is 4.21 Å². The van der Waals surface area contributed by atoms with Gasteiger partial charge in [-0.05, 0) is 56.9 Å². The van der Waals surface area contributed by atoms with Gasteiger partial charge in [-0.3, -0.25) is 0 Å². The summed E-state index contributed by atoms with van der Waals surface area (Å²) >= 11 is 5.89. The Labute approximate surface area is 128 Å². The average Bonchev–Trinajstić information content (AvgIpc) is 2.99. The highest BCUT2D eigenvalue weighted by atomic mass is 79.9. The van der Waals surface area contributed by atoms with Crippen molar-refractivity contribution in [3.05, 3.63) is 38.3 Å². The summed E-state index contributed by atoms with van der Waals surface area (Å²) < 4.78 is 27.3. The van der Waals surface area contributed by atoms with Gasteiger partial charge in [0, 0.05) is 6.54 Å². The van der Waals surface area contributed by atoms with Crippen LogP contribution in [0, 0.1) is 0 Å². The number of nitrogens with one attached hydrogen (secondary N) is 1. The van der Waals surface area contributed by atoms with Crippen LogP contribution in [0.1, 0.15) is 18.1 Å². The first-order valence-corrected chi connectivity index (χ1v) is 9.48. The van der Waals surface area contributed by atoms with E-state index in [1.807, 2.05) is 16.8 Å². The number of thiophene rings is 2. The Morgan fingerprint density at radius 2 is 2.16 bits per heavy atom. The van der Waals surface area contributed by atoms with Gasteiger partial charge < -0.3 is 5.11 Å². The third-order valence-corrected chi connectivity index (χ3v) is 6.73. The minimum absolute atomic E-state index is 0.203.